The molecule has 0 amide bonds. The van der Waals surface area contributed by atoms with Gasteiger partial charge in [-0.15, -0.1) is 89.5 Å². The van der Waals surface area contributed by atoms with Gasteiger partial charge in [-0.05, 0) is 118 Å². The number of rotatable bonds is 13. The summed E-state index contributed by atoms with van der Waals surface area (Å²) in [5.41, 5.74) is 20.3. The molecule has 0 aliphatic rings. The van der Waals surface area contributed by atoms with E-state index in [1.807, 2.05) is 79.1 Å². The molecule has 13 aromatic rings. The first kappa shape index (κ1) is 60.7. The Hall–Kier alpha value is -9.01. The number of aromatic nitrogens is 7. The quantitative estimate of drug-likeness (QED) is 0.106. The maximum absolute atomic E-state index is 6.55. The van der Waals surface area contributed by atoms with Gasteiger partial charge >= 0.3 is 20.1 Å². The molecule has 0 aliphatic carbocycles. The zero-order chi connectivity index (χ0) is 60.4. The van der Waals surface area contributed by atoms with Crippen LogP contribution in [-0.2, 0) is 50.2 Å². The smallest absolute Gasteiger partial charge is 0.501 e. The van der Waals surface area contributed by atoms with Gasteiger partial charge in [0.05, 0.1) is 22.4 Å². The Bertz CT molecular complexity index is 4490. The van der Waals surface area contributed by atoms with Gasteiger partial charge in [0.2, 0.25) is 0 Å². The van der Waals surface area contributed by atoms with E-state index in [0.717, 1.165) is 109 Å². The predicted octanol–water partition coefficient (Wildman–Crippen LogP) is 19.5. The van der Waals surface area contributed by atoms with Gasteiger partial charge in [0.25, 0.3) is 0 Å². The topological polar surface area (TPSA) is 95.4 Å². The summed E-state index contributed by atoms with van der Waals surface area (Å²) in [7, 11) is 0. The molecule has 5 aromatic heterocycles. The van der Waals surface area contributed by atoms with Crippen molar-refractivity contribution in [1.82, 2.24) is 34.5 Å². The third kappa shape index (κ3) is 12.9. The van der Waals surface area contributed by atoms with Crippen molar-refractivity contribution in [3.63, 3.8) is 0 Å². The van der Waals surface area contributed by atoms with Crippen LogP contribution in [0.15, 0.2) is 211 Å². The van der Waals surface area contributed by atoms with Gasteiger partial charge < -0.3 is 19.0 Å². The molecule has 0 aliphatic heterocycles. The van der Waals surface area contributed by atoms with Crippen LogP contribution in [0.25, 0.3) is 95.1 Å². The number of nitrogens with zero attached hydrogens (tertiary/aromatic N) is 7. The van der Waals surface area contributed by atoms with Crippen molar-refractivity contribution in [2.75, 3.05) is 0 Å². The first-order valence-corrected chi connectivity index (χ1v) is 30.3. The Morgan fingerprint density at radius 2 is 1.15 bits per heavy atom. The first-order valence-electron chi connectivity index (χ1n) is 30.3. The Kier molecular flexibility index (Phi) is 17.8. The Morgan fingerprint density at radius 3 is 1.83 bits per heavy atom. The largest absolute Gasteiger partial charge is 3.00 e. The van der Waals surface area contributed by atoms with Crippen LogP contribution in [0.2, 0.25) is 0 Å². The summed E-state index contributed by atoms with van der Waals surface area (Å²) in [4.78, 5) is 29.3. The third-order valence-corrected chi connectivity index (χ3v) is 16.1. The van der Waals surface area contributed by atoms with Gasteiger partial charge in [0.1, 0.15) is 17.2 Å². The van der Waals surface area contributed by atoms with E-state index in [4.69, 9.17) is 24.4 Å². The average Bonchev–Trinajstić information content (AvgIpc) is 1.78. The van der Waals surface area contributed by atoms with Gasteiger partial charge in [0.15, 0.2) is 5.82 Å². The molecular weight excluding hydrogens is 1260 g/mol. The molecule has 9 heteroatoms. The van der Waals surface area contributed by atoms with Crippen LogP contribution < -0.4 is 0 Å². The second-order valence-corrected chi connectivity index (χ2v) is 25.2. The van der Waals surface area contributed by atoms with Crippen molar-refractivity contribution < 1.29 is 24.5 Å². The number of pyridine rings is 2. The SMILES string of the molecule is CC(C)c1cc(-c2ccc(-c3nc(C(C)(C)C)nc(C(C)(C)C)n3)cc2)cc(C(C)C)c1-n1c(-c2[c-]ccc3c2oc2ccccc23)nc2ccccc21.[Ir+3].[c-]1ccccc1-c1ccc(CCc2ccccc2Cc2ccc[c-]c2-c2ccccn2)cn1. The minimum Gasteiger partial charge on any atom is -0.501 e. The fourth-order valence-electron chi connectivity index (χ4n) is 11.4. The van der Waals surface area contributed by atoms with Crippen molar-refractivity contribution in [2.24, 2.45) is 0 Å². The monoisotopic (exact) mass is 1330 g/mol. The molecule has 0 spiro atoms. The normalized spacial score (nSPS) is 11.8. The van der Waals surface area contributed by atoms with Gasteiger partial charge in [-0.3, -0.25) is 4.98 Å². The van der Waals surface area contributed by atoms with Crippen molar-refractivity contribution in [2.45, 2.75) is 111 Å². The van der Waals surface area contributed by atoms with E-state index < -0.39 is 0 Å². The number of hydrogen-bond acceptors (Lipinski definition) is 7. The van der Waals surface area contributed by atoms with E-state index >= 15 is 0 Å². The van der Waals surface area contributed by atoms with Crippen LogP contribution in [0.4, 0.5) is 0 Å². The summed E-state index contributed by atoms with van der Waals surface area (Å²) in [5, 5.41) is 2.15. The van der Waals surface area contributed by atoms with Crippen LogP contribution in [0.5, 0.6) is 0 Å². The molecule has 438 valence electrons. The van der Waals surface area contributed by atoms with Gasteiger partial charge in [-0.2, -0.15) is 0 Å². The summed E-state index contributed by atoms with van der Waals surface area (Å²) in [5.74, 6) is 3.61. The van der Waals surface area contributed by atoms with Gasteiger partial charge in [-0.1, -0.05) is 183 Å². The molecule has 0 unspecified atom stereocenters. The van der Waals surface area contributed by atoms with Crippen molar-refractivity contribution in [3.05, 3.63) is 270 Å². The van der Waals surface area contributed by atoms with Crippen molar-refractivity contribution in [1.29, 1.82) is 0 Å². The molecule has 8 aromatic carbocycles. The number of para-hydroxylation sites is 3. The number of benzene rings is 8. The Labute approximate surface area is 531 Å². The molecular formula is C79H72IrN7O. The summed E-state index contributed by atoms with van der Waals surface area (Å²) in [6.07, 6.45) is 6.62. The van der Waals surface area contributed by atoms with Gasteiger partial charge in [0, 0.05) is 39.9 Å². The van der Waals surface area contributed by atoms with Crippen LogP contribution >= 0.6 is 0 Å². The minimum atomic E-state index is -0.198. The second kappa shape index (κ2) is 25.7. The van der Waals surface area contributed by atoms with E-state index in [1.54, 1.807) is 0 Å². The molecule has 0 atom stereocenters. The average molecular weight is 1330 g/mol. The number of hydrogen-bond donors (Lipinski definition) is 0. The molecule has 0 N–H and O–H groups in total. The zero-order valence-corrected chi connectivity index (χ0v) is 54.2. The predicted molar refractivity (Wildman–Crippen MR) is 356 cm³/mol. The fraction of sp³-hybridized carbons (Fsp3) is 0.215. The summed E-state index contributed by atoms with van der Waals surface area (Å²) < 4.78 is 8.90. The molecule has 88 heavy (non-hydrogen) atoms. The number of fused-ring (bicyclic) bond motifs is 4. The van der Waals surface area contributed by atoms with Crippen molar-refractivity contribution in [3.8, 4) is 62.1 Å². The fourth-order valence-corrected chi connectivity index (χ4v) is 11.4. The van der Waals surface area contributed by atoms with Crippen LogP contribution in [0, 0.1) is 18.2 Å². The van der Waals surface area contributed by atoms with E-state index in [2.05, 4.69) is 229 Å². The molecule has 0 radical (unpaired) electrons. The molecule has 0 saturated carbocycles. The zero-order valence-electron chi connectivity index (χ0n) is 51.8. The van der Waals surface area contributed by atoms with Gasteiger partial charge in [-0.25, -0.2) is 15.0 Å². The maximum Gasteiger partial charge on any atom is 3.00 e. The van der Waals surface area contributed by atoms with E-state index in [9.17, 15) is 0 Å². The molecule has 0 fully saturated rings. The molecule has 0 bridgehead atoms. The van der Waals surface area contributed by atoms with E-state index in [1.165, 1.54) is 44.6 Å². The Balaban J connectivity index is 0.000000201. The molecule has 5 heterocycles. The molecule has 0 saturated heterocycles. The maximum atomic E-state index is 6.55. The first-order chi connectivity index (χ1) is 42.1. The third-order valence-electron chi connectivity index (χ3n) is 16.1. The van der Waals surface area contributed by atoms with E-state index in [0.29, 0.717) is 5.82 Å². The van der Waals surface area contributed by atoms with Crippen molar-refractivity contribution >= 4 is 33.0 Å². The van der Waals surface area contributed by atoms with Crippen LogP contribution in [0.1, 0.15) is 126 Å². The summed E-state index contributed by atoms with van der Waals surface area (Å²) >= 11 is 0. The number of furan rings is 1. The van der Waals surface area contributed by atoms with Crippen LogP contribution in [-0.4, -0.2) is 34.5 Å². The summed E-state index contributed by atoms with van der Waals surface area (Å²) in [6.45, 7) is 22.0. The summed E-state index contributed by atoms with van der Waals surface area (Å²) in [6, 6.07) is 77.5. The van der Waals surface area contributed by atoms with Crippen LogP contribution in [0.3, 0.4) is 0 Å². The standard InChI is InChI=1S/C48H48N5O.C31H24N2.Ir/c1-28(2)36-26-32(30-22-24-31(25-23-30)43-50-45(47(5,6)7)52-46(51-43)48(8,9)10)27-37(29(3)4)41(36)53-39-20-13-12-19-38(39)49-44(53)35-18-15-17-34-33-16-11-14-21-40(33)54-42(34)35;1-2-11-26(12-3-1)30-20-18-24(23-33-30)17-19-25-10-4-5-13-27(25)22-28-14-6-7-15-29(28)31-16-8-9-21-32-31;/h11-17,19-29H,1-10H3;1-11,13-14,16,18,20-21,23H,17,19,22H2;/q-1;-2;+3. The molecule has 13 rings (SSSR count). The number of imidazole rings is 1. The second-order valence-electron chi connectivity index (χ2n) is 25.2. The number of aryl methyl sites for hydroxylation is 2. The Morgan fingerprint density at radius 1 is 0.500 bits per heavy atom. The molecule has 8 nitrogen and oxygen atoms in total. The minimum absolute atomic E-state index is 0. The van der Waals surface area contributed by atoms with E-state index in [-0.39, 0.29) is 42.8 Å².